The van der Waals surface area contributed by atoms with Crippen LogP contribution >= 0.6 is 0 Å². The molecule has 0 aliphatic heterocycles. The van der Waals surface area contributed by atoms with E-state index in [0.29, 0.717) is 58.3 Å². The lowest BCUT2D eigenvalue weighted by atomic mass is 10.00. The number of ether oxygens (including phenoxy) is 2. The van der Waals surface area contributed by atoms with Crippen molar-refractivity contribution in [3.63, 3.8) is 0 Å². The number of carboxylic acids is 2. The van der Waals surface area contributed by atoms with Crippen molar-refractivity contribution in [2.24, 2.45) is 0 Å². The van der Waals surface area contributed by atoms with Crippen LogP contribution in [0.25, 0.3) is 12.2 Å². The maximum absolute atomic E-state index is 13.2. The van der Waals surface area contributed by atoms with Crippen molar-refractivity contribution in [1.82, 2.24) is 0 Å². The molecule has 0 amide bonds. The largest absolute Gasteiger partial charge is 0.490 e. The lowest BCUT2D eigenvalue weighted by Gasteiger charge is -2.18. The number of benzene rings is 7. The van der Waals surface area contributed by atoms with Crippen molar-refractivity contribution in [2.75, 3.05) is 23.8 Å². The molecule has 0 bridgehead atoms. The third-order valence-electron chi connectivity index (χ3n) is 10.6. The maximum atomic E-state index is 13.2. The fraction of sp³-hybridized carbons (Fsp3) is 0.107. The van der Waals surface area contributed by atoms with Crippen LogP contribution in [0.3, 0.4) is 0 Å². The molecule has 2 unspecified atom stereocenters. The Morgan fingerprint density at radius 1 is 0.439 bits per heavy atom. The van der Waals surface area contributed by atoms with Crippen LogP contribution in [0, 0.1) is 0 Å². The van der Waals surface area contributed by atoms with Crippen LogP contribution in [0.2, 0.25) is 0 Å². The van der Waals surface area contributed by atoms with E-state index < -0.39 is 24.0 Å². The van der Waals surface area contributed by atoms with Gasteiger partial charge in [0, 0.05) is 46.5 Å². The standard InChI is InChI=1S/C56H48N2O8/c59-53(43-15-3-1-4-16-43)47-19-7-9-21-49(47)57-51(55(61)62)37-41-27-31-45(32-28-41)65-35-11-13-39-23-25-40(26-24-39)14-12-36-66-46-33-29-42(30-34-46)38-52(56(63)64)58-50-22-10-8-20-48(50)54(60)44-17-5-2-6-18-44/h1-34,51-52,57-58H,35-38H2,(H,61,62)(H,63,64)/b13-11+,14-12+. The lowest BCUT2D eigenvalue weighted by molar-refractivity contribution is -0.138. The number of carbonyl (C=O) groups excluding carboxylic acids is 2. The van der Waals surface area contributed by atoms with Gasteiger partial charge in [-0.1, -0.05) is 146 Å². The second kappa shape index (κ2) is 22.7. The quantitative estimate of drug-likeness (QED) is 0.0485. The summed E-state index contributed by atoms with van der Waals surface area (Å²) >= 11 is 0. The number of rotatable bonds is 22. The van der Waals surface area contributed by atoms with Gasteiger partial charge >= 0.3 is 11.9 Å². The summed E-state index contributed by atoms with van der Waals surface area (Å²) in [6, 6.07) is 52.3. The van der Waals surface area contributed by atoms with Crippen LogP contribution in [0.4, 0.5) is 11.4 Å². The molecule has 0 heterocycles. The number of nitrogens with one attached hydrogen (secondary N) is 2. The number of carbonyl (C=O) groups is 4. The molecule has 66 heavy (non-hydrogen) atoms. The van der Waals surface area contributed by atoms with Gasteiger partial charge < -0.3 is 30.3 Å². The van der Waals surface area contributed by atoms with Crippen LogP contribution in [-0.4, -0.2) is 59.0 Å². The van der Waals surface area contributed by atoms with Gasteiger partial charge in [-0.3, -0.25) is 9.59 Å². The molecule has 10 nitrogen and oxygen atoms in total. The van der Waals surface area contributed by atoms with Gasteiger partial charge in [-0.2, -0.15) is 0 Å². The van der Waals surface area contributed by atoms with Gasteiger partial charge in [-0.15, -0.1) is 0 Å². The highest BCUT2D eigenvalue weighted by molar-refractivity contribution is 6.13. The number of hydrogen-bond donors (Lipinski definition) is 4. The fourth-order valence-electron chi connectivity index (χ4n) is 7.17. The molecule has 0 aliphatic carbocycles. The Bertz CT molecular complexity index is 2590. The summed E-state index contributed by atoms with van der Waals surface area (Å²) in [6.45, 7) is 0.682. The molecule has 0 aliphatic rings. The Morgan fingerprint density at radius 3 is 1.15 bits per heavy atom. The predicted molar refractivity (Wildman–Crippen MR) is 259 cm³/mol. The third-order valence-corrected chi connectivity index (χ3v) is 10.6. The Kier molecular flexibility index (Phi) is 15.7. The molecule has 330 valence electrons. The second-order valence-electron chi connectivity index (χ2n) is 15.3. The summed E-state index contributed by atoms with van der Waals surface area (Å²) in [4.78, 5) is 50.9. The summed E-state index contributed by atoms with van der Waals surface area (Å²) in [5, 5.41) is 26.2. The molecule has 2 atom stereocenters. The zero-order valence-electron chi connectivity index (χ0n) is 36.0. The molecule has 0 aromatic heterocycles. The first-order chi connectivity index (χ1) is 32.2. The van der Waals surface area contributed by atoms with Gasteiger partial charge in [-0.25, -0.2) is 9.59 Å². The molecule has 4 N–H and O–H groups in total. The summed E-state index contributed by atoms with van der Waals surface area (Å²) in [5.41, 5.74) is 6.40. The number of ketones is 2. The number of hydrogen-bond acceptors (Lipinski definition) is 8. The zero-order chi connectivity index (χ0) is 46.1. The third kappa shape index (κ3) is 12.8. The smallest absolute Gasteiger partial charge is 0.326 e. The highest BCUT2D eigenvalue weighted by Gasteiger charge is 2.23. The van der Waals surface area contributed by atoms with E-state index in [-0.39, 0.29) is 24.4 Å². The number of anilines is 2. The Balaban J connectivity index is 0.834. The van der Waals surface area contributed by atoms with Crippen molar-refractivity contribution < 1.29 is 38.9 Å². The van der Waals surface area contributed by atoms with Crippen LogP contribution in [-0.2, 0) is 22.4 Å². The van der Waals surface area contributed by atoms with Gasteiger partial charge in [0.2, 0.25) is 0 Å². The molecule has 7 aromatic rings. The van der Waals surface area contributed by atoms with Gasteiger partial charge in [-0.05, 0) is 82.9 Å². The molecule has 0 radical (unpaired) electrons. The minimum atomic E-state index is -1.03. The fourth-order valence-corrected chi connectivity index (χ4v) is 7.17. The van der Waals surface area contributed by atoms with E-state index in [1.165, 1.54) is 0 Å². The van der Waals surface area contributed by atoms with E-state index in [1.807, 2.05) is 109 Å². The minimum absolute atomic E-state index is 0.186. The van der Waals surface area contributed by atoms with Gasteiger partial charge in [0.25, 0.3) is 0 Å². The van der Waals surface area contributed by atoms with E-state index in [2.05, 4.69) is 10.6 Å². The highest BCUT2D eigenvalue weighted by Crippen LogP contribution is 2.24. The van der Waals surface area contributed by atoms with E-state index in [1.54, 1.807) is 97.1 Å². The molecular formula is C56H48N2O8. The Morgan fingerprint density at radius 2 is 0.788 bits per heavy atom. The predicted octanol–water partition coefficient (Wildman–Crippen LogP) is 10.5. The molecule has 7 aromatic carbocycles. The first kappa shape index (κ1) is 45.5. The monoisotopic (exact) mass is 876 g/mol. The number of carboxylic acid groups (broad SMARTS) is 2. The van der Waals surface area contributed by atoms with Gasteiger partial charge in [0.05, 0.1) is 0 Å². The maximum Gasteiger partial charge on any atom is 0.326 e. The highest BCUT2D eigenvalue weighted by atomic mass is 16.5. The van der Waals surface area contributed by atoms with Crippen molar-refractivity contribution >= 4 is 47.0 Å². The molecular weight excluding hydrogens is 829 g/mol. The summed E-state index contributed by atoms with van der Waals surface area (Å²) in [5.74, 6) is -1.13. The summed E-state index contributed by atoms with van der Waals surface area (Å²) in [7, 11) is 0. The van der Waals surface area contributed by atoms with Crippen LogP contribution < -0.4 is 20.1 Å². The minimum Gasteiger partial charge on any atom is -0.490 e. The summed E-state index contributed by atoms with van der Waals surface area (Å²) < 4.78 is 11.8. The molecule has 0 fully saturated rings. The first-order valence-electron chi connectivity index (χ1n) is 21.4. The molecule has 0 saturated carbocycles. The average molecular weight is 877 g/mol. The van der Waals surface area contributed by atoms with E-state index in [0.717, 1.165) is 22.3 Å². The SMILES string of the molecule is O=C(c1ccccc1)c1ccccc1NC(Cc1ccc(OC/C=C/c2ccc(/C=C/COc3ccc(CC(Nc4ccccc4C(=O)c4ccccc4)C(=O)O)cc3)cc2)cc1)C(=O)O. The van der Waals surface area contributed by atoms with E-state index in [4.69, 9.17) is 9.47 Å². The number of aliphatic carboxylic acids is 2. The first-order valence-corrected chi connectivity index (χ1v) is 21.4. The van der Waals surface area contributed by atoms with Crippen molar-refractivity contribution in [3.05, 3.63) is 239 Å². The second-order valence-corrected chi connectivity index (χ2v) is 15.3. The molecule has 7 rings (SSSR count). The molecule has 10 heteroatoms. The normalized spacial score (nSPS) is 12.0. The van der Waals surface area contributed by atoms with Crippen LogP contribution in [0.5, 0.6) is 11.5 Å². The van der Waals surface area contributed by atoms with Crippen molar-refractivity contribution in [2.45, 2.75) is 24.9 Å². The van der Waals surface area contributed by atoms with Crippen molar-refractivity contribution in [3.8, 4) is 11.5 Å². The van der Waals surface area contributed by atoms with Crippen LogP contribution in [0.15, 0.2) is 194 Å². The lowest BCUT2D eigenvalue weighted by Crippen LogP contribution is -2.32. The average Bonchev–Trinajstić information content (AvgIpc) is 3.35. The molecule has 0 spiro atoms. The Labute approximate surface area is 383 Å². The van der Waals surface area contributed by atoms with E-state index >= 15 is 0 Å². The Hall–Kier alpha value is -8.50. The van der Waals surface area contributed by atoms with E-state index in [9.17, 15) is 29.4 Å². The van der Waals surface area contributed by atoms with Crippen molar-refractivity contribution in [1.29, 1.82) is 0 Å². The zero-order valence-corrected chi connectivity index (χ0v) is 36.0. The van der Waals surface area contributed by atoms with Gasteiger partial charge in [0.1, 0.15) is 36.8 Å². The van der Waals surface area contributed by atoms with Gasteiger partial charge in [0.15, 0.2) is 11.6 Å². The summed E-state index contributed by atoms with van der Waals surface area (Å²) in [6.07, 6.45) is 8.18. The molecule has 0 saturated heterocycles. The van der Waals surface area contributed by atoms with Crippen LogP contribution in [0.1, 0.15) is 54.1 Å². The topological polar surface area (TPSA) is 151 Å². The number of para-hydroxylation sites is 2.